The van der Waals surface area contributed by atoms with Crippen molar-refractivity contribution in [3.63, 3.8) is 0 Å². The van der Waals surface area contributed by atoms with Crippen LogP contribution < -0.4 is 10.1 Å². The number of aliphatic hydroxyl groups is 1. The zero-order valence-electron chi connectivity index (χ0n) is 13.2. The highest BCUT2D eigenvalue weighted by atomic mass is 35.5. The number of methoxy groups -OCH3 is 1. The van der Waals surface area contributed by atoms with Crippen LogP contribution in [0.5, 0.6) is 5.75 Å². The molecule has 1 atom stereocenters. The van der Waals surface area contributed by atoms with Crippen LogP contribution in [0.4, 0.5) is 0 Å². The van der Waals surface area contributed by atoms with Crippen LogP contribution in [0.25, 0.3) is 0 Å². The van der Waals surface area contributed by atoms with Crippen molar-refractivity contribution in [3.05, 3.63) is 28.8 Å². The fourth-order valence-corrected chi connectivity index (χ4v) is 2.77. The third-order valence-corrected chi connectivity index (χ3v) is 4.05. The molecule has 0 saturated carbocycles. The summed E-state index contributed by atoms with van der Waals surface area (Å²) >= 11 is 6.24. The lowest BCUT2D eigenvalue weighted by Crippen LogP contribution is -2.40. The molecule has 1 heterocycles. The van der Waals surface area contributed by atoms with Crippen molar-refractivity contribution in [2.45, 2.75) is 25.9 Å². The van der Waals surface area contributed by atoms with Gasteiger partial charge in [-0.3, -0.25) is 4.99 Å². The van der Waals surface area contributed by atoms with E-state index in [-0.39, 0.29) is 6.10 Å². The van der Waals surface area contributed by atoms with Crippen molar-refractivity contribution >= 4 is 17.6 Å². The van der Waals surface area contributed by atoms with E-state index >= 15 is 0 Å². The number of aliphatic imine (C=N–C) groups is 1. The molecule has 2 N–H and O–H groups in total. The zero-order chi connectivity index (χ0) is 15.9. The SMILES string of the molecule is CCNC(=NCCc1ccc(OC)cc1Cl)N1CC[C@@H](O)C1. The van der Waals surface area contributed by atoms with E-state index in [1.54, 1.807) is 7.11 Å². The molecule has 2 rings (SSSR count). The summed E-state index contributed by atoms with van der Waals surface area (Å²) in [6, 6.07) is 5.71. The summed E-state index contributed by atoms with van der Waals surface area (Å²) in [6.07, 6.45) is 1.32. The highest BCUT2D eigenvalue weighted by molar-refractivity contribution is 6.31. The molecule has 1 saturated heterocycles. The Bertz CT molecular complexity index is 522. The summed E-state index contributed by atoms with van der Waals surface area (Å²) in [4.78, 5) is 6.74. The van der Waals surface area contributed by atoms with Gasteiger partial charge >= 0.3 is 0 Å². The molecule has 0 unspecified atom stereocenters. The van der Waals surface area contributed by atoms with Gasteiger partial charge in [-0.25, -0.2) is 0 Å². The maximum Gasteiger partial charge on any atom is 0.194 e. The molecule has 0 aromatic heterocycles. The molecule has 0 spiro atoms. The number of aliphatic hydroxyl groups excluding tert-OH is 1. The summed E-state index contributed by atoms with van der Waals surface area (Å²) in [7, 11) is 1.63. The van der Waals surface area contributed by atoms with E-state index in [1.165, 1.54) is 0 Å². The predicted molar refractivity (Wildman–Crippen MR) is 89.9 cm³/mol. The number of hydrogen-bond acceptors (Lipinski definition) is 3. The van der Waals surface area contributed by atoms with E-state index in [1.807, 2.05) is 25.1 Å². The third-order valence-electron chi connectivity index (χ3n) is 3.70. The molecule has 1 aliphatic heterocycles. The second kappa shape index (κ2) is 8.25. The molecule has 1 aromatic rings. The standard InChI is InChI=1S/C16H24ClN3O2/c1-3-18-16(20-9-7-13(21)11-20)19-8-6-12-4-5-14(22-2)10-15(12)17/h4-5,10,13,21H,3,6-9,11H2,1-2H3,(H,18,19)/t13-/m1/s1. The summed E-state index contributed by atoms with van der Waals surface area (Å²) in [5, 5.41) is 13.6. The summed E-state index contributed by atoms with van der Waals surface area (Å²) in [5.41, 5.74) is 1.06. The number of halogens is 1. The Kier molecular flexibility index (Phi) is 6.34. The normalized spacial score (nSPS) is 18.6. The third kappa shape index (κ3) is 4.52. The largest absolute Gasteiger partial charge is 0.497 e. The Morgan fingerprint density at radius 2 is 2.36 bits per heavy atom. The number of ether oxygens (including phenoxy) is 1. The number of hydrogen-bond donors (Lipinski definition) is 2. The molecule has 122 valence electrons. The van der Waals surface area contributed by atoms with Crippen LogP contribution in [0.15, 0.2) is 23.2 Å². The van der Waals surface area contributed by atoms with Gasteiger partial charge in [-0.15, -0.1) is 0 Å². The molecular formula is C16H24ClN3O2. The van der Waals surface area contributed by atoms with Gasteiger partial charge in [0.25, 0.3) is 0 Å². The van der Waals surface area contributed by atoms with Gasteiger partial charge in [-0.2, -0.15) is 0 Å². The maximum absolute atomic E-state index is 9.65. The van der Waals surface area contributed by atoms with Gasteiger partial charge in [0.1, 0.15) is 5.75 Å². The minimum absolute atomic E-state index is 0.250. The number of guanidine groups is 1. The van der Waals surface area contributed by atoms with Crippen molar-refractivity contribution in [1.29, 1.82) is 0 Å². The summed E-state index contributed by atoms with van der Waals surface area (Å²) in [6.45, 7) is 5.00. The molecule has 22 heavy (non-hydrogen) atoms. The first-order valence-corrected chi connectivity index (χ1v) is 8.05. The van der Waals surface area contributed by atoms with Gasteiger partial charge in [0.2, 0.25) is 0 Å². The Morgan fingerprint density at radius 1 is 1.55 bits per heavy atom. The van der Waals surface area contributed by atoms with Crippen LogP contribution in [0, 0.1) is 0 Å². The van der Waals surface area contributed by atoms with E-state index in [0.717, 1.165) is 43.2 Å². The topological polar surface area (TPSA) is 57.1 Å². The maximum atomic E-state index is 9.65. The number of benzene rings is 1. The van der Waals surface area contributed by atoms with Crippen molar-refractivity contribution in [3.8, 4) is 5.75 Å². The van der Waals surface area contributed by atoms with Crippen LogP contribution in [0.1, 0.15) is 18.9 Å². The lowest BCUT2D eigenvalue weighted by Gasteiger charge is -2.21. The fourth-order valence-electron chi connectivity index (χ4n) is 2.50. The van der Waals surface area contributed by atoms with E-state index in [0.29, 0.717) is 18.1 Å². The van der Waals surface area contributed by atoms with Gasteiger partial charge < -0.3 is 20.1 Å². The monoisotopic (exact) mass is 325 g/mol. The number of nitrogens with zero attached hydrogens (tertiary/aromatic N) is 2. The molecule has 1 aromatic carbocycles. The Labute approximate surface area is 136 Å². The first-order valence-electron chi connectivity index (χ1n) is 7.67. The molecule has 0 aliphatic carbocycles. The molecule has 6 heteroatoms. The highest BCUT2D eigenvalue weighted by Gasteiger charge is 2.22. The highest BCUT2D eigenvalue weighted by Crippen LogP contribution is 2.22. The average Bonchev–Trinajstić information content (AvgIpc) is 2.94. The van der Waals surface area contributed by atoms with Gasteiger partial charge in [-0.1, -0.05) is 17.7 Å². The Hall–Kier alpha value is -1.46. The van der Waals surface area contributed by atoms with Gasteiger partial charge in [0.15, 0.2) is 5.96 Å². The van der Waals surface area contributed by atoms with E-state index < -0.39 is 0 Å². The lowest BCUT2D eigenvalue weighted by molar-refractivity contribution is 0.188. The van der Waals surface area contributed by atoms with Crippen LogP contribution >= 0.6 is 11.6 Å². The Balaban J connectivity index is 1.96. The smallest absolute Gasteiger partial charge is 0.194 e. The van der Waals surface area contributed by atoms with E-state index in [9.17, 15) is 5.11 Å². The number of β-amino-alcohol motifs (C(OH)–C–C–N with tert-alkyl or cyclic N) is 1. The first kappa shape index (κ1) is 16.9. The Morgan fingerprint density at radius 3 is 2.95 bits per heavy atom. The molecule has 0 radical (unpaired) electrons. The summed E-state index contributed by atoms with van der Waals surface area (Å²) < 4.78 is 5.15. The number of rotatable bonds is 5. The van der Waals surface area contributed by atoms with Gasteiger partial charge in [-0.05, 0) is 37.5 Å². The zero-order valence-corrected chi connectivity index (χ0v) is 13.9. The fraction of sp³-hybridized carbons (Fsp3) is 0.562. The summed E-state index contributed by atoms with van der Waals surface area (Å²) in [5.74, 6) is 1.63. The second-order valence-electron chi connectivity index (χ2n) is 5.33. The quantitative estimate of drug-likeness (QED) is 0.641. The molecule has 1 fully saturated rings. The molecule has 0 amide bonds. The van der Waals surface area contributed by atoms with Gasteiger partial charge in [0.05, 0.1) is 13.2 Å². The molecule has 1 aliphatic rings. The first-order chi connectivity index (χ1) is 10.6. The lowest BCUT2D eigenvalue weighted by atomic mass is 10.1. The van der Waals surface area contributed by atoms with E-state index in [2.05, 4.69) is 15.2 Å². The predicted octanol–water partition coefficient (Wildman–Crippen LogP) is 1.92. The minimum Gasteiger partial charge on any atom is -0.497 e. The van der Waals surface area contributed by atoms with Crippen molar-refractivity contribution in [1.82, 2.24) is 10.2 Å². The second-order valence-corrected chi connectivity index (χ2v) is 5.74. The van der Waals surface area contributed by atoms with Crippen LogP contribution in [0.2, 0.25) is 5.02 Å². The van der Waals surface area contributed by atoms with Crippen molar-refractivity contribution in [2.75, 3.05) is 33.3 Å². The minimum atomic E-state index is -0.250. The van der Waals surface area contributed by atoms with Gasteiger partial charge in [0, 0.05) is 31.2 Å². The van der Waals surface area contributed by atoms with Crippen molar-refractivity contribution in [2.24, 2.45) is 4.99 Å². The van der Waals surface area contributed by atoms with Crippen molar-refractivity contribution < 1.29 is 9.84 Å². The number of likely N-dealkylation sites (tertiary alicyclic amines) is 1. The van der Waals surface area contributed by atoms with Crippen LogP contribution in [0.3, 0.4) is 0 Å². The van der Waals surface area contributed by atoms with Crippen LogP contribution in [-0.4, -0.2) is 55.4 Å². The number of nitrogens with one attached hydrogen (secondary N) is 1. The molecule has 0 bridgehead atoms. The van der Waals surface area contributed by atoms with Crippen LogP contribution in [-0.2, 0) is 6.42 Å². The van der Waals surface area contributed by atoms with E-state index in [4.69, 9.17) is 16.3 Å². The molecule has 5 nitrogen and oxygen atoms in total. The average molecular weight is 326 g/mol. The molecular weight excluding hydrogens is 302 g/mol.